The number of para-hydroxylation sites is 1. The first kappa shape index (κ1) is 29.5. The minimum Gasteiger partial charge on any atom is -0.494 e. The highest BCUT2D eigenvalue weighted by Gasteiger charge is 2.34. The molecule has 0 aromatic heterocycles. The quantitative estimate of drug-likeness (QED) is 0.133. The third kappa shape index (κ3) is 7.86. The summed E-state index contributed by atoms with van der Waals surface area (Å²) in [6.45, 7) is 0.770. The zero-order chi connectivity index (χ0) is 30.2. The Morgan fingerprint density at radius 3 is 2.33 bits per heavy atom. The lowest BCUT2D eigenvalue weighted by molar-refractivity contribution is -0.137. The second kappa shape index (κ2) is 13.8. The number of benzene rings is 4. The number of aliphatic carboxylic acids is 1. The SMILES string of the molecule is O=C(c1ccccc1)c1ccccc1N[C@@H](Cc1ccc(OCCCN(C(=O)C2CC2)c2cccc(F)c2)cc1)C(=O)O. The van der Waals surface area contributed by atoms with Crippen LogP contribution in [0.1, 0.15) is 40.7 Å². The Bertz CT molecular complexity index is 1570. The van der Waals surface area contributed by atoms with Crippen LogP contribution in [0.15, 0.2) is 103 Å². The number of carbonyl (C=O) groups is 3. The maximum Gasteiger partial charge on any atom is 0.326 e. The van der Waals surface area contributed by atoms with Crippen LogP contribution in [-0.4, -0.2) is 42.0 Å². The largest absolute Gasteiger partial charge is 0.494 e. The lowest BCUT2D eigenvalue weighted by atomic mass is 10.00. The summed E-state index contributed by atoms with van der Waals surface area (Å²) in [7, 11) is 0. The van der Waals surface area contributed by atoms with Gasteiger partial charge in [0.2, 0.25) is 5.91 Å². The van der Waals surface area contributed by atoms with Gasteiger partial charge >= 0.3 is 5.97 Å². The molecule has 0 bridgehead atoms. The van der Waals surface area contributed by atoms with Crippen molar-refractivity contribution in [2.75, 3.05) is 23.4 Å². The predicted molar refractivity (Wildman–Crippen MR) is 163 cm³/mol. The van der Waals surface area contributed by atoms with Crippen LogP contribution in [0, 0.1) is 11.7 Å². The first-order valence-corrected chi connectivity index (χ1v) is 14.4. The van der Waals surface area contributed by atoms with E-state index in [1.54, 1.807) is 77.7 Å². The molecule has 1 saturated carbocycles. The summed E-state index contributed by atoms with van der Waals surface area (Å²) in [4.78, 5) is 39.6. The lowest BCUT2D eigenvalue weighted by Crippen LogP contribution is -2.34. The molecule has 220 valence electrons. The van der Waals surface area contributed by atoms with Crippen molar-refractivity contribution in [1.82, 2.24) is 0 Å². The van der Waals surface area contributed by atoms with Gasteiger partial charge in [0.25, 0.3) is 0 Å². The number of anilines is 2. The first-order valence-electron chi connectivity index (χ1n) is 14.4. The Labute approximate surface area is 249 Å². The van der Waals surface area contributed by atoms with Crippen LogP contribution in [0.3, 0.4) is 0 Å². The number of carboxylic acid groups (broad SMARTS) is 1. The van der Waals surface area contributed by atoms with Gasteiger partial charge in [0.15, 0.2) is 5.78 Å². The number of hydrogen-bond acceptors (Lipinski definition) is 5. The number of hydrogen-bond donors (Lipinski definition) is 2. The van der Waals surface area contributed by atoms with Crippen molar-refractivity contribution in [2.24, 2.45) is 5.92 Å². The van der Waals surface area contributed by atoms with Crippen molar-refractivity contribution in [3.05, 3.63) is 126 Å². The molecule has 43 heavy (non-hydrogen) atoms. The Hall–Kier alpha value is -4.98. The Balaban J connectivity index is 1.17. The van der Waals surface area contributed by atoms with Crippen LogP contribution in [0.4, 0.5) is 15.8 Å². The van der Waals surface area contributed by atoms with Crippen molar-refractivity contribution in [2.45, 2.75) is 31.7 Å². The third-order valence-corrected chi connectivity index (χ3v) is 7.31. The Kier molecular flexibility index (Phi) is 9.46. The number of carbonyl (C=O) groups excluding carboxylic acids is 2. The van der Waals surface area contributed by atoms with Gasteiger partial charge in [0, 0.05) is 41.4 Å². The monoisotopic (exact) mass is 580 g/mol. The average Bonchev–Trinajstić information content (AvgIpc) is 3.87. The van der Waals surface area contributed by atoms with Gasteiger partial charge in [-0.05, 0) is 67.3 Å². The fraction of sp³-hybridized carbons (Fsp3) is 0.229. The molecule has 1 atom stereocenters. The number of ketones is 1. The van der Waals surface area contributed by atoms with E-state index in [9.17, 15) is 23.9 Å². The van der Waals surface area contributed by atoms with Gasteiger partial charge in [0.1, 0.15) is 17.6 Å². The van der Waals surface area contributed by atoms with E-state index in [1.807, 2.05) is 18.2 Å². The number of ether oxygens (including phenoxy) is 1. The summed E-state index contributed by atoms with van der Waals surface area (Å²) in [6, 6.07) is 28.0. The van der Waals surface area contributed by atoms with Crippen LogP contribution in [-0.2, 0) is 16.0 Å². The van der Waals surface area contributed by atoms with E-state index >= 15 is 0 Å². The molecule has 2 N–H and O–H groups in total. The molecule has 0 aliphatic heterocycles. The molecule has 0 unspecified atom stereocenters. The zero-order valence-electron chi connectivity index (χ0n) is 23.6. The highest BCUT2D eigenvalue weighted by molar-refractivity contribution is 6.12. The van der Waals surface area contributed by atoms with E-state index in [1.165, 1.54) is 12.1 Å². The molecule has 1 aliphatic rings. The molecule has 0 saturated heterocycles. The van der Waals surface area contributed by atoms with E-state index in [0.29, 0.717) is 47.8 Å². The van der Waals surface area contributed by atoms with Crippen molar-refractivity contribution < 1.29 is 28.6 Å². The summed E-state index contributed by atoms with van der Waals surface area (Å²) >= 11 is 0. The molecule has 8 heteroatoms. The smallest absolute Gasteiger partial charge is 0.326 e. The van der Waals surface area contributed by atoms with Gasteiger partial charge in [-0.15, -0.1) is 0 Å². The number of halogens is 1. The Morgan fingerprint density at radius 1 is 0.907 bits per heavy atom. The van der Waals surface area contributed by atoms with Gasteiger partial charge < -0.3 is 20.1 Å². The number of carboxylic acids is 1. The van der Waals surface area contributed by atoms with Crippen molar-refractivity contribution in [3.8, 4) is 5.75 Å². The zero-order valence-corrected chi connectivity index (χ0v) is 23.6. The molecule has 0 spiro atoms. The number of nitrogens with zero attached hydrogens (tertiary/aromatic N) is 1. The van der Waals surface area contributed by atoms with Gasteiger partial charge in [-0.3, -0.25) is 9.59 Å². The number of amides is 1. The van der Waals surface area contributed by atoms with Crippen molar-refractivity contribution >= 4 is 29.0 Å². The summed E-state index contributed by atoms with van der Waals surface area (Å²) in [5.41, 5.74) is 2.71. The number of nitrogens with one attached hydrogen (secondary N) is 1. The van der Waals surface area contributed by atoms with Crippen LogP contribution < -0.4 is 15.0 Å². The van der Waals surface area contributed by atoms with E-state index in [2.05, 4.69) is 5.32 Å². The molecule has 5 rings (SSSR count). The van der Waals surface area contributed by atoms with Gasteiger partial charge in [-0.25, -0.2) is 9.18 Å². The highest BCUT2D eigenvalue weighted by atomic mass is 19.1. The first-order chi connectivity index (χ1) is 20.9. The molecular formula is C35H33FN2O5. The molecule has 0 radical (unpaired) electrons. The molecule has 7 nitrogen and oxygen atoms in total. The predicted octanol–water partition coefficient (Wildman–Crippen LogP) is 6.38. The summed E-state index contributed by atoms with van der Waals surface area (Å²) in [6.07, 6.45) is 2.48. The van der Waals surface area contributed by atoms with Gasteiger partial charge in [-0.1, -0.05) is 60.7 Å². The minimum absolute atomic E-state index is 0.0127. The second-order valence-corrected chi connectivity index (χ2v) is 10.6. The fourth-order valence-electron chi connectivity index (χ4n) is 4.87. The van der Waals surface area contributed by atoms with E-state index in [4.69, 9.17) is 4.74 Å². The van der Waals surface area contributed by atoms with Crippen LogP contribution in [0.2, 0.25) is 0 Å². The summed E-state index contributed by atoms with van der Waals surface area (Å²) < 4.78 is 19.7. The van der Waals surface area contributed by atoms with Crippen LogP contribution in [0.25, 0.3) is 0 Å². The molecule has 1 amide bonds. The molecule has 1 aliphatic carbocycles. The van der Waals surface area contributed by atoms with Crippen LogP contribution in [0.5, 0.6) is 5.75 Å². The second-order valence-electron chi connectivity index (χ2n) is 10.6. The number of rotatable bonds is 14. The summed E-state index contributed by atoms with van der Waals surface area (Å²) in [5, 5.41) is 13.0. The minimum atomic E-state index is -1.04. The maximum atomic E-state index is 13.8. The van der Waals surface area contributed by atoms with Gasteiger partial charge in [-0.2, -0.15) is 0 Å². The molecule has 4 aromatic rings. The van der Waals surface area contributed by atoms with E-state index < -0.39 is 12.0 Å². The lowest BCUT2D eigenvalue weighted by Gasteiger charge is -2.23. The standard InChI is InChI=1S/C35H33FN2O5/c36-27-10-6-11-28(23-27)38(34(40)26-16-17-26)20-7-21-43-29-18-14-24(15-19-29)22-32(35(41)42)37-31-13-5-4-12-30(31)33(39)25-8-2-1-3-9-25/h1-6,8-15,18-19,23,26,32,37H,7,16-17,20-22H2,(H,41,42)/t32-/m0/s1. The third-order valence-electron chi connectivity index (χ3n) is 7.31. The summed E-state index contributed by atoms with van der Waals surface area (Å²) in [5.74, 6) is -0.959. The molecule has 0 heterocycles. The normalized spacial score (nSPS) is 13.1. The molecular weight excluding hydrogens is 547 g/mol. The van der Waals surface area contributed by atoms with E-state index in [-0.39, 0.29) is 29.8 Å². The van der Waals surface area contributed by atoms with Crippen LogP contribution >= 0.6 is 0 Å². The van der Waals surface area contributed by atoms with Gasteiger partial charge in [0.05, 0.1) is 6.61 Å². The molecule has 4 aromatic carbocycles. The topological polar surface area (TPSA) is 95.9 Å². The molecule has 1 fully saturated rings. The van der Waals surface area contributed by atoms with Crippen molar-refractivity contribution in [1.29, 1.82) is 0 Å². The maximum absolute atomic E-state index is 13.8. The fourth-order valence-corrected chi connectivity index (χ4v) is 4.87. The average molecular weight is 581 g/mol. The Morgan fingerprint density at radius 2 is 1.63 bits per heavy atom. The highest BCUT2D eigenvalue weighted by Crippen LogP contribution is 2.33. The van der Waals surface area contributed by atoms with E-state index in [0.717, 1.165) is 18.4 Å². The van der Waals surface area contributed by atoms with Crippen molar-refractivity contribution in [3.63, 3.8) is 0 Å².